The van der Waals surface area contributed by atoms with Crippen molar-refractivity contribution in [1.82, 2.24) is 4.98 Å². The summed E-state index contributed by atoms with van der Waals surface area (Å²) < 4.78 is 0. The quantitative estimate of drug-likeness (QED) is 0.815. The van der Waals surface area contributed by atoms with Gasteiger partial charge in [-0.3, -0.25) is 4.98 Å². The summed E-state index contributed by atoms with van der Waals surface area (Å²) in [6.07, 6.45) is 5.83. The number of hydrogen-bond donors (Lipinski definition) is 1. The van der Waals surface area contributed by atoms with Gasteiger partial charge in [-0.15, -0.1) is 0 Å². The Bertz CT molecular complexity index is 422. The van der Waals surface area contributed by atoms with Gasteiger partial charge < -0.3 is 10.5 Å². The highest BCUT2D eigenvalue weighted by atomic mass is 16.1. The van der Waals surface area contributed by atoms with E-state index in [9.17, 15) is 4.79 Å². The maximum Gasteiger partial charge on any atom is 0.127 e. The van der Waals surface area contributed by atoms with Crippen molar-refractivity contribution >= 4 is 12.0 Å². The number of anilines is 1. The van der Waals surface area contributed by atoms with Crippen molar-refractivity contribution in [2.24, 2.45) is 0 Å². The number of aldehydes is 1. The van der Waals surface area contributed by atoms with Gasteiger partial charge >= 0.3 is 0 Å². The van der Waals surface area contributed by atoms with E-state index in [1.165, 1.54) is 25.7 Å². The van der Waals surface area contributed by atoms with Crippen molar-refractivity contribution in [3.8, 4) is 0 Å². The molecule has 0 saturated heterocycles. The number of aryl methyl sites for hydroxylation is 1. The van der Waals surface area contributed by atoms with Crippen molar-refractivity contribution in [1.29, 1.82) is 0 Å². The molecule has 17 heavy (non-hydrogen) atoms. The molecule has 1 saturated carbocycles. The van der Waals surface area contributed by atoms with E-state index in [1.54, 1.807) is 0 Å². The zero-order valence-corrected chi connectivity index (χ0v) is 10.6. The van der Waals surface area contributed by atoms with Crippen molar-refractivity contribution < 1.29 is 4.79 Å². The number of nitrogens with zero attached hydrogens (tertiary/aromatic N) is 1. The number of hydrogen-bond acceptors (Lipinski definition) is 3. The summed E-state index contributed by atoms with van der Waals surface area (Å²) >= 11 is 0. The first-order valence-electron chi connectivity index (χ1n) is 6.35. The van der Waals surface area contributed by atoms with Gasteiger partial charge in [0.1, 0.15) is 6.29 Å². The minimum atomic E-state index is -0.154. The van der Waals surface area contributed by atoms with Crippen LogP contribution in [0, 0.1) is 6.92 Å². The topological polar surface area (TPSA) is 56.0 Å². The molecule has 1 aliphatic rings. The molecular weight excluding hydrogens is 212 g/mol. The summed E-state index contributed by atoms with van der Waals surface area (Å²) in [6, 6.07) is 1.87. The third-order valence-corrected chi connectivity index (χ3v) is 3.65. The second kappa shape index (κ2) is 4.86. The predicted octanol–water partition coefficient (Wildman–Crippen LogP) is 2.93. The van der Waals surface area contributed by atoms with Crippen LogP contribution in [0.3, 0.4) is 0 Å². The largest absolute Gasteiger partial charge is 0.398 e. The van der Waals surface area contributed by atoms with Crippen LogP contribution in [-0.4, -0.2) is 11.3 Å². The van der Waals surface area contributed by atoms with E-state index in [0.717, 1.165) is 28.9 Å². The first-order valence-corrected chi connectivity index (χ1v) is 6.35. The number of carbonyl (C=O) groups excluding carboxylic acids is 1. The number of rotatable bonds is 3. The fourth-order valence-electron chi connectivity index (χ4n) is 2.81. The maximum atomic E-state index is 11.0. The molecule has 1 aliphatic carbocycles. The van der Waals surface area contributed by atoms with E-state index in [0.29, 0.717) is 5.92 Å². The number of pyridine rings is 1. The number of aromatic nitrogens is 1. The van der Waals surface area contributed by atoms with Gasteiger partial charge in [-0.25, -0.2) is 0 Å². The Hall–Kier alpha value is -1.38. The second-order valence-corrected chi connectivity index (χ2v) is 5.06. The molecule has 0 aromatic carbocycles. The van der Waals surface area contributed by atoms with Crippen LogP contribution in [0.5, 0.6) is 0 Å². The Morgan fingerprint density at radius 2 is 2.12 bits per heavy atom. The fourth-order valence-corrected chi connectivity index (χ4v) is 2.81. The van der Waals surface area contributed by atoms with Crippen LogP contribution in [0.15, 0.2) is 6.07 Å². The lowest BCUT2D eigenvalue weighted by Crippen LogP contribution is -2.11. The van der Waals surface area contributed by atoms with Crippen LogP contribution >= 0.6 is 0 Å². The lowest BCUT2D eigenvalue weighted by atomic mass is 9.90. The van der Waals surface area contributed by atoms with Crippen molar-refractivity contribution in [2.45, 2.75) is 51.4 Å². The summed E-state index contributed by atoms with van der Waals surface area (Å²) in [5, 5.41) is 0. The van der Waals surface area contributed by atoms with Crippen LogP contribution < -0.4 is 5.73 Å². The molecule has 2 rings (SSSR count). The molecule has 3 nitrogen and oxygen atoms in total. The van der Waals surface area contributed by atoms with E-state index < -0.39 is 0 Å². The van der Waals surface area contributed by atoms with Crippen LogP contribution in [0.2, 0.25) is 0 Å². The molecule has 1 aromatic heterocycles. The fraction of sp³-hybridized carbons (Fsp3) is 0.571. The van der Waals surface area contributed by atoms with Gasteiger partial charge in [0.25, 0.3) is 0 Å². The third kappa shape index (κ3) is 2.33. The molecule has 1 aromatic rings. The Morgan fingerprint density at radius 1 is 1.47 bits per heavy atom. The second-order valence-electron chi connectivity index (χ2n) is 5.06. The van der Waals surface area contributed by atoms with Crippen LogP contribution in [-0.2, 0) is 4.79 Å². The number of nitrogens with two attached hydrogens (primary N) is 1. The zero-order chi connectivity index (χ0) is 12.4. The molecular formula is C14H20N2O. The minimum absolute atomic E-state index is 0.154. The van der Waals surface area contributed by atoms with Gasteiger partial charge in [0.15, 0.2) is 0 Å². The predicted molar refractivity (Wildman–Crippen MR) is 69.1 cm³/mol. The average Bonchev–Trinajstić information content (AvgIpc) is 2.80. The highest BCUT2D eigenvalue weighted by molar-refractivity contribution is 5.68. The van der Waals surface area contributed by atoms with Gasteiger partial charge in [-0.05, 0) is 25.8 Å². The van der Waals surface area contributed by atoms with Crippen molar-refractivity contribution in [3.05, 3.63) is 23.0 Å². The molecule has 92 valence electrons. The van der Waals surface area contributed by atoms with E-state index in [-0.39, 0.29) is 5.92 Å². The summed E-state index contributed by atoms with van der Waals surface area (Å²) in [5.41, 5.74) is 9.76. The monoisotopic (exact) mass is 232 g/mol. The molecule has 2 N–H and O–H groups in total. The number of nitrogen functional groups attached to an aromatic ring is 1. The molecule has 1 heterocycles. The summed E-state index contributed by atoms with van der Waals surface area (Å²) in [4.78, 5) is 15.7. The van der Waals surface area contributed by atoms with E-state index in [2.05, 4.69) is 4.98 Å². The van der Waals surface area contributed by atoms with Crippen LogP contribution in [0.1, 0.15) is 61.4 Å². The molecule has 1 unspecified atom stereocenters. The normalized spacial score (nSPS) is 18.2. The standard InChI is InChI=1S/C14H20N2O/c1-9(8-17)13-12(15)7-10(2)16-14(13)11-5-3-4-6-11/h7-9,11H,3-6H2,1-2H3,(H2,15,16). The molecule has 0 spiro atoms. The van der Waals surface area contributed by atoms with Gasteiger partial charge in [0.05, 0.1) is 0 Å². The van der Waals surface area contributed by atoms with E-state index >= 15 is 0 Å². The molecule has 0 aliphatic heterocycles. The molecule has 1 atom stereocenters. The van der Waals surface area contributed by atoms with Crippen molar-refractivity contribution in [3.63, 3.8) is 0 Å². The number of carbonyl (C=O) groups is 1. The van der Waals surface area contributed by atoms with Gasteiger partial charge in [-0.2, -0.15) is 0 Å². The molecule has 0 radical (unpaired) electrons. The van der Waals surface area contributed by atoms with Gasteiger partial charge in [0, 0.05) is 34.5 Å². The Labute approximate surface area is 102 Å². The Morgan fingerprint density at radius 3 is 2.71 bits per heavy atom. The van der Waals surface area contributed by atoms with Crippen LogP contribution in [0.25, 0.3) is 0 Å². The Balaban J connectivity index is 2.49. The van der Waals surface area contributed by atoms with Crippen molar-refractivity contribution in [2.75, 3.05) is 5.73 Å². The lowest BCUT2D eigenvalue weighted by molar-refractivity contribution is -0.108. The van der Waals surface area contributed by atoms with Gasteiger partial charge in [-0.1, -0.05) is 19.8 Å². The van der Waals surface area contributed by atoms with E-state index in [4.69, 9.17) is 5.73 Å². The lowest BCUT2D eigenvalue weighted by Gasteiger charge is -2.19. The highest BCUT2D eigenvalue weighted by Gasteiger charge is 2.25. The molecule has 1 fully saturated rings. The summed E-state index contributed by atoms with van der Waals surface area (Å²) in [7, 11) is 0. The van der Waals surface area contributed by atoms with E-state index in [1.807, 2.05) is 19.9 Å². The maximum absolute atomic E-state index is 11.0. The minimum Gasteiger partial charge on any atom is -0.398 e. The van der Waals surface area contributed by atoms with Gasteiger partial charge in [0.2, 0.25) is 0 Å². The summed E-state index contributed by atoms with van der Waals surface area (Å²) in [6.45, 7) is 3.86. The molecule has 0 amide bonds. The first-order chi connectivity index (χ1) is 8.13. The molecule has 3 heteroatoms. The van der Waals surface area contributed by atoms with Crippen LogP contribution in [0.4, 0.5) is 5.69 Å². The zero-order valence-electron chi connectivity index (χ0n) is 10.6. The summed E-state index contributed by atoms with van der Waals surface area (Å²) in [5.74, 6) is 0.341. The smallest absolute Gasteiger partial charge is 0.127 e. The first kappa shape index (κ1) is 12.1. The SMILES string of the molecule is Cc1cc(N)c(C(C)C=O)c(C2CCCC2)n1. The average molecular weight is 232 g/mol. The third-order valence-electron chi connectivity index (χ3n) is 3.65. The Kier molecular flexibility index (Phi) is 3.46. The molecule has 0 bridgehead atoms. The highest BCUT2D eigenvalue weighted by Crippen LogP contribution is 2.38.